The van der Waals surface area contributed by atoms with Crippen LogP contribution in [0.5, 0.6) is 0 Å². The van der Waals surface area contributed by atoms with E-state index in [0.717, 1.165) is 37.2 Å². The van der Waals surface area contributed by atoms with Crippen LogP contribution in [0.3, 0.4) is 0 Å². The third-order valence-corrected chi connectivity index (χ3v) is 5.34. The summed E-state index contributed by atoms with van der Waals surface area (Å²) in [6, 6.07) is 7.65. The molecule has 1 aliphatic heterocycles. The van der Waals surface area contributed by atoms with Crippen molar-refractivity contribution < 1.29 is 14.6 Å². The molecule has 120 valence electrons. The third kappa shape index (κ3) is 2.77. The quantitative estimate of drug-likeness (QED) is 0.900. The number of carbonyl (C=O) groups excluding carboxylic acids is 1. The van der Waals surface area contributed by atoms with Crippen molar-refractivity contribution in [1.82, 2.24) is 5.32 Å². The van der Waals surface area contributed by atoms with Crippen molar-refractivity contribution in [1.29, 1.82) is 0 Å². The van der Waals surface area contributed by atoms with E-state index in [2.05, 4.69) is 5.32 Å². The van der Waals surface area contributed by atoms with Crippen LogP contribution in [0.2, 0.25) is 0 Å². The van der Waals surface area contributed by atoms with Gasteiger partial charge < -0.3 is 15.2 Å². The lowest BCUT2D eigenvalue weighted by atomic mass is 9.74. The molecule has 0 radical (unpaired) electrons. The van der Waals surface area contributed by atoms with E-state index in [1.165, 1.54) is 0 Å². The number of amides is 1. The van der Waals surface area contributed by atoms with Gasteiger partial charge in [-0.05, 0) is 36.3 Å². The molecule has 0 spiro atoms. The van der Waals surface area contributed by atoms with E-state index in [4.69, 9.17) is 4.74 Å². The Morgan fingerprint density at radius 1 is 1.27 bits per heavy atom. The van der Waals surface area contributed by atoms with Crippen LogP contribution >= 0.6 is 0 Å². The van der Waals surface area contributed by atoms with Crippen molar-refractivity contribution >= 4 is 5.91 Å². The third-order valence-electron chi connectivity index (χ3n) is 5.34. The summed E-state index contributed by atoms with van der Waals surface area (Å²) in [6.45, 7) is 5.48. The first-order chi connectivity index (χ1) is 10.5. The molecule has 1 aromatic carbocycles. The molecular formula is C18H25NO3. The van der Waals surface area contributed by atoms with E-state index in [0.29, 0.717) is 12.3 Å². The predicted molar refractivity (Wildman–Crippen MR) is 84.4 cm³/mol. The number of ether oxygens (including phenoxy) is 1. The highest BCUT2D eigenvalue weighted by atomic mass is 16.5. The molecule has 4 heteroatoms. The first kappa shape index (κ1) is 15.5. The van der Waals surface area contributed by atoms with Crippen LogP contribution in [0.25, 0.3) is 0 Å². The van der Waals surface area contributed by atoms with Crippen molar-refractivity contribution in [3.63, 3.8) is 0 Å². The summed E-state index contributed by atoms with van der Waals surface area (Å²) in [4.78, 5) is 12.8. The Balaban J connectivity index is 1.67. The van der Waals surface area contributed by atoms with Crippen molar-refractivity contribution in [3.8, 4) is 0 Å². The summed E-state index contributed by atoms with van der Waals surface area (Å²) in [7, 11) is 0. The van der Waals surface area contributed by atoms with Crippen LogP contribution in [-0.2, 0) is 16.0 Å². The highest BCUT2D eigenvalue weighted by molar-refractivity contribution is 5.82. The van der Waals surface area contributed by atoms with Crippen LogP contribution in [0.15, 0.2) is 24.3 Å². The second-order valence-corrected chi connectivity index (χ2v) is 7.04. The van der Waals surface area contributed by atoms with E-state index >= 15 is 0 Å². The lowest BCUT2D eigenvalue weighted by molar-refractivity contribution is -0.135. The van der Waals surface area contributed by atoms with E-state index in [9.17, 15) is 9.90 Å². The van der Waals surface area contributed by atoms with Gasteiger partial charge >= 0.3 is 0 Å². The fourth-order valence-corrected chi connectivity index (χ4v) is 3.66. The minimum absolute atomic E-state index is 0.0382. The van der Waals surface area contributed by atoms with Gasteiger partial charge in [-0.3, -0.25) is 4.79 Å². The van der Waals surface area contributed by atoms with Gasteiger partial charge in [0.15, 0.2) is 0 Å². The highest BCUT2D eigenvalue weighted by Gasteiger charge is 2.40. The van der Waals surface area contributed by atoms with Crippen molar-refractivity contribution in [2.45, 2.75) is 45.3 Å². The summed E-state index contributed by atoms with van der Waals surface area (Å²) in [6.07, 6.45) is 1.94. The average molecular weight is 303 g/mol. The average Bonchev–Trinajstić information content (AvgIpc) is 2.85. The second-order valence-electron chi connectivity index (χ2n) is 7.04. The van der Waals surface area contributed by atoms with Gasteiger partial charge in [0.05, 0.1) is 12.1 Å². The molecule has 1 amide bonds. The maximum Gasteiger partial charge on any atom is 0.226 e. The monoisotopic (exact) mass is 303 g/mol. The Bertz CT molecular complexity index is 549. The van der Waals surface area contributed by atoms with Crippen molar-refractivity contribution in [2.24, 2.45) is 11.3 Å². The molecule has 0 saturated carbocycles. The largest absolute Gasteiger partial charge is 0.386 e. The fourth-order valence-electron chi connectivity index (χ4n) is 3.66. The number of hydrogen-bond donors (Lipinski definition) is 2. The molecule has 1 aliphatic carbocycles. The Labute approximate surface area is 131 Å². The molecule has 1 aromatic rings. The zero-order valence-electron chi connectivity index (χ0n) is 13.3. The molecular weight excluding hydrogens is 278 g/mol. The number of rotatable bonds is 3. The normalized spacial score (nSPS) is 25.8. The molecule has 0 unspecified atom stereocenters. The number of carbonyl (C=O) groups is 1. The zero-order valence-corrected chi connectivity index (χ0v) is 13.3. The number of benzene rings is 1. The number of fused-ring (bicyclic) bond motifs is 1. The second kappa shape index (κ2) is 6.01. The molecule has 3 rings (SSSR count). The molecule has 0 bridgehead atoms. The molecule has 0 aromatic heterocycles. The van der Waals surface area contributed by atoms with Gasteiger partial charge in [-0.1, -0.05) is 38.1 Å². The molecule has 2 aliphatic rings. The highest BCUT2D eigenvalue weighted by Crippen LogP contribution is 2.36. The summed E-state index contributed by atoms with van der Waals surface area (Å²) < 4.78 is 5.40. The van der Waals surface area contributed by atoms with Gasteiger partial charge in [0, 0.05) is 18.6 Å². The number of nitrogens with one attached hydrogen (secondary N) is 1. The minimum Gasteiger partial charge on any atom is -0.386 e. The number of hydrogen-bond acceptors (Lipinski definition) is 3. The van der Waals surface area contributed by atoms with E-state index in [1.807, 2.05) is 38.1 Å². The molecule has 22 heavy (non-hydrogen) atoms. The summed E-state index contributed by atoms with van der Waals surface area (Å²) >= 11 is 0. The van der Waals surface area contributed by atoms with Gasteiger partial charge in [-0.2, -0.15) is 0 Å². The lowest BCUT2D eigenvalue weighted by Gasteiger charge is -2.36. The summed E-state index contributed by atoms with van der Waals surface area (Å²) in [5, 5.41) is 13.5. The first-order valence-electron chi connectivity index (χ1n) is 8.14. The van der Waals surface area contributed by atoms with Gasteiger partial charge in [0.1, 0.15) is 0 Å². The SMILES string of the molecule is CC(C)(C(=O)N[C@@H]1Cc2ccccc2[C@@H]1O)C1CCOCC1. The standard InChI is InChI=1S/C18H25NO3/c1-18(2,13-7-9-22-10-8-13)17(21)19-15-11-12-5-3-4-6-14(12)16(15)20/h3-6,13,15-16,20H,7-11H2,1-2H3,(H,19,21)/t15-,16+/m1/s1. The van der Waals surface area contributed by atoms with Crippen LogP contribution < -0.4 is 5.32 Å². The van der Waals surface area contributed by atoms with E-state index in [1.54, 1.807) is 0 Å². The van der Waals surface area contributed by atoms with Crippen LogP contribution in [0, 0.1) is 11.3 Å². The van der Waals surface area contributed by atoms with Crippen molar-refractivity contribution in [3.05, 3.63) is 35.4 Å². The van der Waals surface area contributed by atoms with E-state index in [-0.39, 0.29) is 11.9 Å². The van der Waals surface area contributed by atoms with Crippen LogP contribution in [0.4, 0.5) is 0 Å². The maximum atomic E-state index is 12.8. The number of aliphatic hydroxyl groups excluding tert-OH is 1. The molecule has 1 saturated heterocycles. The molecule has 2 atom stereocenters. The van der Waals surface area contributed by atoms with Crippen molar-refractivity contribution in [2.75, 3.05) is 13.2 Å². The van der Waals surface area contributed by atoms with Crippen LogP contribution in [-0.4, -0.2) is 30.3 Å². The Hall–Kier alpha value is -1.39. The Morgan fingerprint density at radius 3 is 2.64 bits per heavy atom. The van der Waals surface area contributed by atoms with Crippen LogP contribution in [0.1, 0.15) is 43.9 Å². The minimum atomic E-state index is -0.606. The Morgan fingerprint density at radius 2 is 1.95 bits per heavy atom. The Kier molecular flexibility index (Phi) is 4.24. The maximum absolute atomic E-state index is 12.8. The summed E-state index contributed by atoms with van der Waals surface area (Å²) in [5.41, 5.74) is 1.64. The smallest absolute Gasteiger partial charge is 0.226 e. The zero-order chi connectivity index (χ0) is 15.7. The fraction of sp³-hybridized carbons (Fsp3) is 0.611. The van der Waals surface area contributed by atoms with Gasteiger partial charge in [0.25, 0.3) is 0 Å². The first-order valence-corrected chi connectivity index (χ1v) is 8.14. The predicted octanol–water partition coefficient (Wildman–Crippen LogP) is 2.21. The number of aliphatic hydroxyl groups is 1. The summed E-state index contributed by atoms with van der Waals surface area (Å²) in [5.74, 6) is 0.374. The molecule has 2 N–H and O–H groups in total. The molecule has 4 nitrogen and oxygen atoms in total. The van der Waals surface area contributed by atoms with Gasteiger partial charge in [-0.15, -0.1) is 0 Å². The van der Waals surface area contributed by atoms with E-state index < -0.39 is 11.5 Å². The van der Waals surface area contributed by atoms with Gasteiger partial charge in [-0.25, -0.2) is 0 Å². The van der Waals surface area contributed by atoms with Gasteiger partial charge in [0.2, 0.25) is 5.91 Å². The molecule has 1 fully saturated rings. The topological polar surface area (TPSA) is 58.6 Å². The lowest BCUT2D eigenvalue weighted by Crippen LogP contribution is -2.48. The molecule has 1 heterocycles.